The molecule has 1 aliphatic rings. The Morgan fingerprint density at radius 2 is 1.68 bits per heavy atom. The fourth-order valence-electron chi connectivity index (χ4n) is 3.23. The lowest BCUT2D eigenvalue weighted by Crippen LogP contribution is -2.31. The Morgan fingerprint density at radius 1 is 1.03 bits per heavy atom. The standard InChI is InChI=1S/C22H24N2O7/c1-23(21(25)30-19-5-3-2-4-6-19)17-9-7-16(8-10-17)15-29-22(26)31-20-13-11-18(12-14-20)24(27)28/h7-14,19H,2-6,15H2,1H3. The summed E-state index contributed by atoms with van der Waals surface area (Å²) in [5.41, 5.74) is 1.27. The van der Waals surface area contributed by atoms with E-state index in [1.165, 1.54) is 35.6 Å². The van der Waals surface area contributed by atoms with Gasteiger partial charge in [0.25, 0.3) is 5.69 Å². The van der Waals surface area contributed by atoms with Gasteiger partial charge in [0, 0.05) is 24.9 Å². The average Bonchev–Trinajstić information content (AvgIpc) is 2.78. The minimum Gasteiger partial charge on any atom is -0.446 e. The summed E-state index contributed by atoms with van der Waals surface area (Å²) in [5.74, 6) is 0.143. The molecule has 0 radical (unpaired) electrons. The molecule has 0 bridgehead atoms. The molecule has 9 heteroatoms. The van der Waals surface area contributed by atoms with Crippen molar-refractivity contribution in [3.05, 3.63) is 64.2 Å². The highest BCUT2D eigenvalue weighted by Crippen LogP contribution is 2.23. The first kappa shape index (κ1) is 22.1. The molecular weight excluding hydrogens is 404 g/mol. The molecule has 2 aromatic carbocycles. The molecule has 0 spiro atoms. The van der Waals surface area contributed by atoms with Crippen LogP contribution in [0.4, 0.5) is 21.0 Å². The van der Waals surface area contributed by atoms with Crippen LogP contribution in [0.2, 0.25) is 0 Å². The summed E-state index contributed by atoms with van der Waals surface area (Å²) in [5, 5.41) is 10.6. The zero-order chi connectivity index (χ0) is 22.2. The number of rotatable bonds is 6. The number of benzene rings is 2. The summed E-state index contributed by atoms with van der Waals surface area (Å²) in [4.78, 5) is 35.7. The van der Waals surface area contributed by atoms with Crippen LogP contribution in [-0.2, 0) is 16.1 Å². The van der Waals surface area contributed by atoms with E-state index >= 15 is 0 Å². The zero-order valence-electron chi connectivity index (χ0n) is 17.2. The quantitative estimate of drug-likeness (QED) is 0.269. The highest BCUT2D eigenvalue weighted by atomic mass is 16.7. The first-order valence-corrected chi connectivity index (χ1v) is 10.0. The topological polar surface area (TPSA) is 108 Å². The number of hydrogen-bond acceptors (Lipinski definition) is 7. The number of nitrogens with zero attached hydrogens (tertiary/aromatic N) is 2. The molecule has 0 saturated heterocycles. The SMILES string of the molecule is CN(C(=O)OC1CCCCC1)c1ccc(COC(=O)Oc2ccc([N+](=O)[O-])cc2)cc1. The molecule has 9 nitrogen and oxygen atoms in total. The molecular formula is C22H24N2O7. The molecule has 0 aromatic heterocycles. The van der Waals surface area contributed by atoms with Crippen LogP contribution in [-0.4, -0.2) is 30.3 Å². The van der Waals surface area contributed by atoms with E-state index in [0.29, 0.717) is 11.3 Å². The van der Waals surface area contributed by atoms with E-state index in [9.17, 15) is 19.7 Å². The number of anilines is 1. The molecule has 0 atom stereocenters. The van der Waals surface area contributed by atoms with E-state index in [4.69, 9.17) is 14.2 Å². The largest absolute Gasteiger partial charge is 0.514 e. The van der Waals surface area contributed by atoms with Crippen molar-refractivity contribution in [3.63, 3.8) is 0 Å². The number of carbonyl (C=O) groups excluding carboxylic acids is 2. The Morgan fingerprint density at radius 3 is 2.29 bits per heavy atom. The lowest BCUT2D eigenvalue weighted by molar-refractivity contribution is -0.384. The van der Waals surface area contributed by atoms with E-state index in [0.717, 1.165) is 25.7 Å². The monoisotopic (exact) mass is 428 g/mol. The van der Waals surface area contributed by atoms with Crippen molar-refractivity contribution in [2.45, 2.75) is 44.8 Å². The van der Waals surface area contributed by atoms with Crippen LogP contribution in [0.5, 0.6) is 5.75 Å². The second-order valence-electron chi connectivity index (χ2n) is 7.26. The van der Waals surface area contributed by atoms with Crippen molar-refractivity contribution >= 4 is 23.6 Å². The maximum atomic E-state index is 12.3. The molecule has 0 N–H and O–H groups in total. The molecule has 164 valence electrons. The Kier molecular flexibility index (Phi) is 7.42. The molecule has 1 aliphatic carbocycles. The minimum atomic E-state index is -0.925. The van der Waals surface area contributed by atoms with Crippen LogP contribution in [0.1, 0.15) is 37.7 Å². The Labute approximate surface area is 179 Å². The zero-order valence-corrected chi connectivity index (χ0v) is 17.2. The van der Waals surface area contributed by atoms with Crippen molar-refractivity contribution in [1.82, 2.24) is 0 Å². The maximum Gasteiger partial charge on any atom is 0.514 e. The van der Waals surface area contributed by atoms with Gasteiger partial charge in [-0.1, -0.05) is 18.6 Å². The Hall–Kier alpha value is -3.62. The van der Waals surface area contributed by atoms with Gasteiger partial charge in [0.15, 0.2) is 0 Å². The Balaban J connectivity index is 1.46. The molecule has 0 aliphatic heterocycles. The third kappa shape index (κ3) is 6.43. The predicted molar refractivity (Wildman–Crippen MR) is 112 cm³/mol. The maximum absolute atomic E-state index is 12.3. The lowest BCUT2D eigenvalue weighted by atomic mass is 9.98. The fourth-order valence-corrected chi connectivity index (χ4v) is 3.23. The van der Waals surface area contributed by atoms with Gasteiger partial charge in [-0.2, -0.15) is 0 Å². The molecule has 1 amide bonds. The van der Waals surface area contributed by atoms with Crippen LogP contribution in [0.15, 0.2) is 48.5 Å². The molecule has 2 aromatic rings. The third-order valence-corrected chi connectivity index (χ3v) is 5.02. The number of ether oxygens (including phenoxy) is 3. The predicted octanol–water partition coefficient (Wildman–Crippen LogP) is 5.22. The first-order valence-electron chi connectivity index (χ1n) is 10.0. The normalized spacial score (nSPS) is 13.8. The van der Waals surface area contributed by atoms with Crippen LogP contribution in [0.3, 0.4) is 0 Å². The molecule has 31 heavy (non-hydrogen) atoms. The number of hydrogen-bond donors (Lipinski definition) is 0. The van der Waals surface area contributed by atoms with Gasteiger partial charge in [-0.15, -0.1) is 0 Å². The van der Waals surface area contributed by atoms with Gasteiger partial charge in [0.1, 0.15) is 18.5 Å². The van der Waals surface area contributed by atoms with Crippen LogP contribution in [0.25, 0.3) is 0 Å². The minimum absolute atomic E-state index is 0.0156. The molecule has 3 rings (SSSR count). The van der Waals surface area contributed by atoms with Crippen molar-refractivity contribution in [3.8, 4) is 5.75 Å². The van der Waals surface area contributed by atoms with Gasteiger partial charge < -0.3 is 14.2 Å². The summed E-state index contributed by atoms with van der Waals surface area (Å²) in [6.07, 6.45) is 3.85. The van der Waals surface area contributed by atoms with Crippen LogP contribution < -0.4 is 9.64 Å². The number of carbonyl (C=O) groups is 2. The van der Waals surface area contributed by atoms with E-state index in [1.807, 2.05) is 0 Å². The number of amides is 1. The van der Waals surface area contributed by atoms with Gasteiger partial charge >= 0.3 is 12.2 Å². The highest BCUT2D eigenvalue weighted by Gasteiger charge is 2.20. The van der Waals surface area contributed by atoms with E-state index < -0.39 is 11.1 Å². The number of nitro benzene ring substituents is 1. The highest BCUT2D eigenvalue weighted by molar-refractivity contribution is 5.87. The molecule has 0 heterocycles. The third-order valence-electron chi connectivity index (χ3n) is 5.02. The lowest BCUT2D eigenvalue weighted by Gasteiger charge is -2.25. The van der Waals surface area contributed by atoms with E-state index in [-0.39, 0.29) is 30.2 Å². The van der Waals surface area contributed by atoms with E-state index in [2.05, 4.69) is 0 Å². The molecule has 1 fully saturated rings. The summed E-state index contributed by atoms with van der Waals surface area (Å²) in [6.45, 7) is -0.0255. The van der Waals surface area contributed by atoms with Gasteiger partial charge in [-0.05, 0) is 55.5 Å². The van der Waals surface area contributed by atoms with Crippen molar-refractivity contribution in [2.24, 2.45) is 0 Å². The second-order valence-corrected chi connectivity index (χ2v) is 7.26. The fraction of sp³-hybridized carbons (Fsp3) is 0.364. The van der Waals surface area contributed by atoms with Crippen LogP contribution in [0, 0.1) is 10.1 Å². The summed E-state index contributed by atoms with van der Waals surface area (Å²) in [7, 11) is 1.65. The average molecular weight is 428 g/mol. The first-order chi connectivity index (χ1) is 14.9. The summed E-state index contributed by atoms with van der Waals surface area (Å²) < 4.78 is 15.6. The number of non-ortho nitro benzene ring substituents is 1. The Bertz CT molecular complexity index is 906. The molecule has 1 saturated carbocycles. The van der Waals surface area contributed by atoms with Crippen molar-refractivity contribution in [1.29, 1.82) is 0 Å². The van der Waals surface area contributed by atoms with Gasteiger partial charge in [0.05, 0.1) is 4.92 Å². The van der Waals surface area contributed by atoms with Crippen molar-refractivity contribution in [2.75, 3.05) is 11.9 Å². The summed E-state index contributed by atoms with van der Waals surface area (Å²) in [6, 6.07) is 12.0. The van der Waals surface area contributed by atoms with Crippen molar-refractivity contribution < 1.29 is 28.7 Å². The van der Waals surface area contributed by atoms with E-state index in [1.54, 1.807) is 31.3 Å². The van der Waals surface area contributed by atoms with Gasteiger partial charge in [-0.25, -0.2) is 9.59 Å². The smallest absolute Gasteiger partial charge is 0.446 e. The summed E-state index contributed by atoms with van der Waals surface area (Å²) >= 11 is 0. The molecule has 0 unspecified atom stereocenters. The second kappa shape index (κ2) is 10.4. The van der Waals surface area contributed by atoms with Gasteiger partial charge in [-0.3, -0.25) is 15.0 Å². The van der Waals surface area contributed by atoms with Gasteiger partial charge in [0.2, 0.25) is 0 Å². The van der Waals surface area contributed by atoms with Crippen LogP contribution >= 0.6 is 0 Å². The number of nitro groups is 1.